The lowest BCUT2D eigenvalue weighted by Crippen LogP contribution is -2.37. The topological polar surface area (TPSA) is 104 Å². The number of nitrogens with zero attached hydrogens (tertiary/aromatic N) is 3. The molecular weight excluding hydrogens is 402 g/mol. The minimum Gasteiger partial charge on any atom is -0.454 e. The highest BCUT2D eigenvalue weighted by atomic mass is 16.6. The van der Waals surface area contributed by atoms with E-state index in [2.05, 4.69) is 6.58 Å². The van der Waals surface area contributed by atoms with E-state index in [4.69, 9.17) is 9.47 Å². The Balaban J connectivity index is 1.80. The van der Waals surface area contributed by atoms with E-state index in [1.54, 1.807) is 12.1 Å². The van der Waals surface area contributed by atoms with Gasteiger partial charge in [0.05, 0.1) is 29.4 Å². The number of benzene rings is 1. The average molecular weight is 427 g/mol. The maximum atomic E-state index is 12.8. The number of esters is 1. The van der Waals surface area contributed by atoms with E-state index in [1.165, 1.54) is 18.2 Å². The summed E-state index contributed by atoms with van der Waals surface area (Å²) in [6.07, 6.45) is 1.74. The number of ketones is 1. The predicted octanol–water partition coefficient (Wildman–Crippen LogP) is 3.08. The third kappa shape index (κ3) is 4.83. The van der Waals surface area contributed by atoms with Gasteiger partial charge in [-0.2, -0.15) is 0 Å². The Labute approximate surface area is 180 Å². The van der Waals surface area contributed by atoms with Gasteiger partial charge in [-0.1, -0.05) is 6.08 Å². The molecule has 1 fully saturated rings. The third-order valence-electron chi connectivity index (χ3n) is 5.28. The molecule has 1 aromatic heterocycles. The average Bonchev–Trinajstić information content (AvgIpc) is 3.06. The molecule has 0 amide bonds. The SMILES string of the molecule is C=CCn1c(C)cc(C(=O)COC(=O)c2cc([N+](=O)[O-])ccc2N2CCOCC2)c1C. The van der Waals surface area contributed by atoms with Crippen molar-refractivity contribution in [2.75, 3.05) is 37.8 Å². The first kappa shape index (κ1) is 22.2. The zero-order chi connectivity index (χ0) is 22.5. The summed E-state index contributed by atoms with van der Waals surface area (Å²) in [5.41, 5.74) is 2.50. The lowest BCUT2D eigenvalue weighted by atomic mass is 10.1. The first-order chi connectivity index (χ1) is 14.8. The van der Waals surface area contributed by atoms with Gasteiger partial charge in [0.15, 0.2) is 6.61 Å². The van der Waals surface area contributed by atoms with Crippen LogP contribution in [-0.2, 0) is 16.0 Å². The lowest BCUT2D eigenvalue weighted by molar-refractivity contribution is -0.384. The van der Waals surface area contributed by atoms with Crippen molar-refractivity contribution in [3.63, 3.8) is 0 Å². The predicted molar refractivity (Wildman–Crippen MR) is 115 cm³/mol. The Morgan fingerprint density at radius 3 is 2.58 bits per heavy atom. The highest BCUT2D eigenvalue weighted by Gasteiger charge is 2.24. The number of non-ortho nitro benzene ring substituents is 1. The number of rotatable bonds is 8. The zero-order valence-corrected chi connectivity index (χ0v) is 17.6. The molecule has 0 radical (unpaired) electrons. The molecule has 31 heavy (non-hydrogen) atoms. The Hall–Kier alpha value is -3.46. The molecule has 1 aromatic carbocycles. The Kier molecular flexibility index (Phi) is 6.86. The van der Waals surface area contributed by atoms with Crippen molar-refractivity contribution >= 4 is 23.1 Å². The van der Waals surface area contributed by atoms with Gasteiger partial charge in [0, 0.05) is 48.7 Å². The van der Waals surface area contributed by atoms with Crippen LogP contribution >= 0.6 is 0 Å². The summed E-state index contributed by atoms with van der Waals surface area (Å²) in [5, 5.41) is 11.2. The number of nitro groups is 1. The van der Waals surface area contributed by atoms with Crippen LogP contribution in [-0.4, -0.2) is 54.2 Å². The molecular formula is C22H25N3O6. The molecule has 0 spiro atoms. The normalized spacial score (nSPS) is 13.7. The summed E-state index contributed by atoms with van der Waals surface area (Å²) in [7, 11) is 0. The fourth-order valence-corrected chi connectivity index (χ4v) is 3.66. The molecule has 0 aliphatic carbocycles. The first-order valence-electron chi connectivity index (χ1n) is 9.92. The van der Waals surface area contributed by atoms with Crippen LogP contribution in [0.5, 0.6) is 0 Å². The standard InChI is InChI=1S/C22H25N3O6/c1-4-7-24-15(2)12-18(16(24)3)21(26)14-31-22(27)19-13-17(25(28)29)5-6-20(19)23-8-10-30-11-9-23/h4-6,12-13H,1,7-11,14H2,2-3H3. The smallest absolute Gasteiger partial charge is 0.340 e. The fraction of sp³-hybridized carbons (Fsp3) is 0.364. The van der Waals surface area contributed by atoms with E-state index in [0.717, 1.165) is 11.4 Å². The van der Waals surface area contributed by atoms with Crippen molar-refractivity contribution in [3.8, 4) is 0 Å². The van der Waals surface area contributed by atoms with Crippen molar-refractivity contribution < 1.29 is 24.0 Å². The molecule has 9 heteroatoms. The van der Waals surface area contributed by atoms with Gasteiger partial charge < -0.3 is 18.9 Å². The Bertz CT molecular complexity index is 1020. The van der Waals surface area contributed by atoms with Crippen molar-refractivity contribution in [1.29, 1.82) is 0 Å². The van der Waals surface area contributed by atoms with Gasteiger partial charge in [0.1, 0.15) is 0 Å². The van der Waals surface area contributed by atoms with Crippen LogP contribution in [0.2, 0.25) is 0 Å². The minimum atomic E-state index is -0.779. The fourth-order valence-electron chi connectivity index (χ4n) is 3.66. The number of aryl methyl sites for hydroxylation is 1. The van der Waals surface area contributed by atoms with E-state index in [-0.39, 0.29) is 17.0 Å². The summed E-state index contributed by atoms with van der Waals surface area (Å²) in [6.45, 7) is 9.62. The van der Waals surface area contributed by atoms with Gasteiger partial charge in [-0.05, 0) is 26.0 Å². The quantitative estimate of drug-likeness (QED) is 0.210. The number of carbonyl (C=O) groups excluding carboxylic acids is 2. The summed E-state index contributed by atoms with van der Waals surface area (Å²) in [5.74, 6) is -1.12. The lowest BCUT2D eigenvalue weighted by Gasteiger charge is -2.30. The maximum Gasteiger partial charge on any atom is 0.340 e. The number of morpholine rings is 1. The number of anilines is 1. The van der Waals surface area contributed by atoms with Crippen LogP contribution in [0, 0.1) is 24.0 Å². The third-order valence-corrected chi connectivity index (χ3v) is 5.28. The molecule has 1 aliphatic heterocycles. The van der Waals surface area contributed by atoms with Crippen molar-refractivity contribution in [1.82, 2.24) is 4.57 Å². The van der Waals surface area contributed by atoms with Gasteiger partial charge in [-0.3, -0.25) is 14.9 Å². The number of carbonyl (C=O) groups is 2. The molecule has 9 nitrogen and oxygen atoms in total. The number of aromatic nitrogens is 1. The van der Waals surface area contributed by atoms with Crippen molar-refractivity contribution in [2.24, 2.45) is 0 Å². The minimum absolute atomic E-state index is 0.0565. The van der Waals surface area contributed by atoms with E-state index in [1.807, 2.05) is 23.3 Å². The van der Waals surface area contributed by atoms with Gasteiger partial charge in [0.25, 0.3) is 5.69 Å². The monoisotopic (exact) mass is 427 g/mol. The van der Waals surface area contributed by atoms with E-state index in [0.29, 0.717) is 44.1 Å². The largest absolute Gasteiger partial charge is 0.454 e. The van der Waals surface area contributed by atoms with Crippen LogP contribution in [0.3, 0.4) is 0 Å². The molecule has 1 aliphatic rings. The highest BCUT2D eigenvalue weighted by molar-refractivity contribution is 6.02. The molecule has 2 heterocycles. The van der Waals surface area contributed by atoms with E-state index < -0.39 is 17.5 Å². The number of Topliss-reactive ketones (excluding diaryl/α,β-unsaturated/α-hetero) is 1. The summed E-state index contributed by atoms with van der Waals surface area (Å²) in [4.78, 5) is 38.0. The van der Waals surface area contributed by atoms with Gasteiger partial charge in [0.2, 0.25) is 5.78 Å². The van der Waals surface area contributed by atoms with Gasteiger partial charge in [-0.25, -0.2) is 4.79 Å². The van der Waals surface area contributed by atoms with Gasteiger partial charge in [-0.15, -0.1) is 6.58 Å². The molecule has 0 unspecified atom stereocenters. The van der Waals surface area contributed by atoms with Gasteiger partial charge >= 0.3 is 5.97 Å². The van der Waals surface area contributed by atoms with Crippen molar-refractivity contribution in [3.05, 3.63) is 69.5 Å². The van der Waals surface area contributed by atoms with Crippen LogP contribution in [0.1, 0.15) is 32.1 Å². The number of hydrogen-bond acceptors (Lipinski definition) is 7. The molecule has 2 aromatic rings. The number of hydrogen-bond donors (Lipinski definition) is 0. The number of allylic oxidation sites excluding steroid dienone is 1. The molecule has 0 saturated carbocycles. The van der Waals surface area contributed by atoms with Crippen LogP contribution in [0.15, 0.2) is 36.9 Å². The van der Waals surface area contributed by atoms with Crippen molar-refractivity contribution in [2.45, 2.75) is 20.4 Å². The molecule has 3 rings (SSSR count). The molecule has 1 saturated heterocycles. The summed E-state index contributed by atoms with van der Waals surface area (Å²) in [6, 6.07) is 5.82. The van der Waals surface area contributed by atoms with Crippen LogP contribution in [0.25, 0.3) is 0 Å². The Morgan fingerprint density at radius 2 is 1.94 bits per heavy atom. The van der Waals surface area contributed by atoms with Crippen LogP contribution < -0.4 is 4.90 Å². The number of ether oxygens (including phenoxy) is 2. The Morgan fingerprint density at radius 1 is 1.23 bits per heavy atom. The highest BCUT2D eigenvalue weighted by Crippen LogP contribution is 2.27. The van der Waals surface area contributed by atoms with E-state index in [9.17, 15) is 19.7 Å². The summed E-state index contributed by atoms with van der Waals surface area (Å²) >= 11 is 0. The summed E-state index contributed by atoms with van der Waals surface area (Å²) < 4.78 is 12.6. The zero-order valence-electron chi connectivity index (χ0n) is 17.6. The first-order valence-corrected chi connectivity index (χ1v) is 9.92. The van der Waals surface area contributed by atoms with E-state index >= 15 is 0 Å². The number of nitro benzene ring substituents is 1. The molecule has 0 atom stereocenters. The molecule has 0 N–H and O–H groups in total. The second kappa shape index (κ2) is 9.57. The maximum absolute atomic E-state index is 12.8. The van der Waals surface area contributed by atoms with Crippen LogP contribution in [0.4, 0.5) is 11.4 Å². The second-order valence-corrected chi connectivity index (χ2v) is 7.24. The molecule has 164 valence electrons. The molecule has 0 bridgehead atoms. The second-order valence-electron chi connectivity index (χ2n) is 7.24.